The van der Waals surface area contributed by atoms with Crippen LogP contribution in [0.3, 0.4) is 0 Å². The van der Waals surface area contributed by atoms with E-state index in [4.69, 9.17) is 9.72 Å². The first kappa shape index (κ1) is 25.2. The number of fused-ring (bicyclic) bond motifs is 1. The maximum absolute atomic E-state index is 14.8. The lowest BCUT2D eigenvalue weighted by Crippen LogP contribution is -2.58. The molecule has 1 aromatic carbocycles. The van der Waals surface area contributed by atoms with Crippen LogP contribution in [0.4, 0.5) is 13.6 Å². The number of aryl methyl sites for hydroxylation is 1. The number of tetrazole rings is 1. The molecule has 0 radical (unpaired) electrons. The fourth-order valence-electron chi connectivity index (χ4n) is 5.43. The average molecular weight is 517 g/mol. The van der Waals surface area contributed by atoms with Crippen LogP contribution in [0, 0.1) is 11.6 Å². The number of carbonyl (C=O) groups is 1. The van der Waals surface area contributed by atoms with E-state index < -0.39 is 35.4 Å². The number of halogens is 2. The van der Waals surface area contributed by atoms with Crippen molar-refractivity contribution in [1.29, 1.82) is 0 Å². The average Bonchev–Trinajstić information content (AvgIpc) is 3.50. The first-order valence-electron chi connectivity index (χ1n) is 12.1. The number of hydrogen-bond donors (Lipinski definition) is 1. The summed E-state index contributed by atoms with van der Waals surface area (Å²) in [6.45, 7) is 6.68. The van der Waals surface area contributed by atoms with Gasteiger partial charge in [-0.1, -0.05) is 0 Å². The molecule has 2 aromatic heterocycles. The number of hydrogen-bond acceptors (Lipinski definition) is 7. The Morgan fingerprint density at radius 3 is 2.59 bits per heavy atom. The van der Waals surface area contributed by atoms with E-state index in [2.05, 4.69) is 20.3 Å². The van der Waals surface area contributed by atoms with Gasteiger partial charge in [0.1, 0.15) is 17.7 Å². The van der Waals surface area contributed by atoms with Gasteiger partial charge in [-0.2, -0.15) is 4.80 Å². The highest BCUT2D eigenvalue weighted by atomic mass is 19.1. The Hall–Kier alpha value is -3.45. The third kappa shape index (κ3) is 4.57. The van der Waals surface area contributed by atoms with E-state index in [0.29, 0.717) is 31.2 Å². The lowest BCUT2D eigenvalue weighted by atomic mass is 9.88. The number of aromatic nitrogens is 6. The van der Waals surface area contributed by atoms with Crippen LogP contribution < -0.4 is 0 Å². The third-order valence-electron chi connectivity index (χ3n) is 7.08. The molecule has 4 heterocycles. The van der Waals surface area contributed by atoms with Gasteiger partial charge in [0.05, 0.1) is 31.1 Å². The molecule has 0 bridgehead atoms. The van der Waals surface area contributed by atoms with Gasteiger partial charge in [0.15, 0.2) is 5.82 Å². The van der Waals surface area contributed by atoms with Crippen molar-refractivity contribution in [3.8, 4) is 11.6 Å². The lowest BCUT2D eigenvalue weighted by molar-refractivity contribution is -0.103. The van der Waals surface area contributed by atoms with Gasteiger partial charge < -0.3 is 14.4 Å². The fourth-order valence-corrected chi connectivity index (χ4v) is 5.43. The predicted molar refractivity (Wildman–Crippen MR) is 127 cm³/mol. The smallest absolute Gasteiger partial charge is 0.408 e. The van der Waals surface area contributed by atoms with Crippen molar-refractivity contribution < 1.29 is 23.4 Å². The highest BCUT2D eigenvalue weighted by molar-refractivity contribution is 5.66. The molecule has 11 nitrogen and oxygen atoms in total. The Morgan fingerprint density at radius 1 is 1.22 bits per heavy atom. The monoisotopic (exact) mass is 516 g/mol. The quantitative estimate of drug-likeness (QED) is 0.563. The maximum atomic E-state index is 14.8. The fraction of sp³-hybridized carbons (Fsp3) is 0.542. The standard InChI is InChI=1S/C24H30F2N8O3/c1-24(2,3)34(23(35)36)18-9-14(12-37-20(18)15-8-13(25)6-7-16(15)26)33-10-17-19(11-33)31(4)22(27-17)21-28-30-32(5)29-21/h6-8,14,18,20H,9-12H2,1-5H3,(H,35,36)/t14-,18+,20-/m1/s1. The topological polar surface area (TPSA) is 114 Å². The van der Waals surface area contributed by atoms with E-state index in [1.165, 1.54) is 9.70 Å². The Labute approximate surface area is 212 Å². The normalized spacial score (nSPS) is 22.3. The minimum atomic E-state index is -1.14. The van der Waals surface area contributed by atoms with Gasteiger partial charge in [-0.3, -0.25) is 9.80 Å². The number of carboxylic acid groups (broad SMARTS) is 1. The molecule has 5 rings (SSSR count). The Kier molecular flexibility index (Phi) is 6.23. The number of benzene rings is 1. The molecule has 3 atom stereocenters. The minimum Gasteiger partial charge on any atom is -0.465 e. The Bertz CT molecular complexity index is 1330. The molecule has 198 valence electrons. The summed E-state index contributed by atoms with van der Waals surface area (Å²) < 4.78 is 37.0. The van der Waals surface area contributed by atoms with Gasteiger partial charge in [0.2, 0.25) is 5.82 Å². The highest BCUT2D eigenvalue weighted by Gasteiger charge is 2.46. The molecule has 2 aliphatic rings. The van der Waals surface area contributed by atoms with Crippen LogP contribution in [-0.2, 0) is 31.9 Å². The number of imidazole rings is 1. The molecule has 0 unspecified atom stereocenters. The number of rotatable bonds is 4. The molecule has 37 heavy (non-hydrogen) atoms. The summed E-state index contributed by atoms with van der Waals surface area (Å²) in [6, 6.07) is 2.29. The van der Waals surface area contributed by atoms with Crippen molar-refractivity contribution >= 4 is 6.09 Å². The van der Waals surface area contributed by atoms with Crippen LogP contribution in [-0.4, -0.2) is 75.0 Å². The first-order chi connectivity index (χ1) is 17.4. The summed E-state index contributed by atoms with van der Waals surface area (Å²) in [7, 11) is 3.59. The van der Waals surface area contributed by atoms with Crippen LogP contribution >= 0.6 is 0 Å². The van der Waals surface area contributed by atoms with Gasteiger partial charge in [0.25, 0.3) is 0 Å². The van der Waals surface area contributed by atoms with Gasteiger partial charge in [-0.15, -0.1) is 10.2 Å². The molecule has 0 saturated carbocycles. The van der Waals surface area contributed by atoms with E-state index in [0.717, 1.165) is 29.6 Å². The predicted octanol–water partition coefficient (Wildman–Crippen LogP) is 2.88. The summed E-state index contributed by atoms with van der Waals surface area (Å²) in [5.41, 5.74) is 1.11. The molecular formula is C24H30F2N8O3. The van der Waals surface area contributed by atoms with Crippen molar-refractivity contribution in [3.63, 3.8) is 0 Å². The molecule has 1 fully saturated rings. The van der Waals surface area contributed by atoms with Crippen molar-refractivity contribution in [2.75, 3.05) is 6.61 Å². The Morgan fingerprint density at radius 2 is 1.97 bits per heavy atom. The number of amides is 1. The summed E-state index contributed by atoms with van der Waals surface area (Å²) in [6.07, 6.45) is -1.70. The van der Waals surface area contributed by atoms with Crippen molar-refractivity contribution in [3.05, 3.63) is 46.8 Å². The zero-order valence-electron chi connectivity index (χ0n) is 21.4. The van der Waals surface area contributed by atoms with E-state index >= 15 is 0 Å². The molecule has 0 aliphatic carbocycles. The van der Waals surface area contributed by atoms with Crippen LogP contribution in [0.1, 0.15) is 50.2 Å². The summed E-state index contributed by atoms with van der Waals surface area (Å²) in [5.74, 6) is -0.166. The van der Waals surface area contributed by atoms with Gasteiger partial charge in [0, 0.05) is 37.3 Å². The van der Waals surface area contributed by atoms with E-state index in [1.807, 2.05) is 11.6 Å². The second-order valence-corrected chi connectivity index (χ2v) is 10.6. The highest BCUT2D eigenvalue weighted by Crippen LogP contribution is 2.40. The molecule has 1 N–H and O–H groups in total. The summed E-state index contributed by atoms with van der Waals surface area (Å²) >= 11 is 0. The first-order valence-corrected chi connectivity index (χ1v) is 12.1. The van der Waals surface area contributed by atoms with Crippen molar-refractivity contribution in [2.45, 2.75) is 64.0 Å². The van der Waals surface area contributed by atoms with E-state index in [1.54, 1.807) is 27.8 Å². The zero-order chi connectivity index (χ0) is 26.6. The minimum absolute atomic E-state index is 0.0198. The SMILES string of the molecule is Cn1nnc(-c2nc3c(n2C)CN([C@H]2CO[C@H](c4cc(F)ccc4F)[C@@H](N(C(=O)O)C(C)(C)C)C2)C3)n1. The van der Waals surface area contributed by atoms with Crippen LogP contribution in [0.15, 0.2) is 18.2 Å². The zero-order valence-corrected chi connectivity index (χ0v) is 21.4. The van der Waals surface area contributed by atoms with E-state index in [-0.39, 0.29) is 18.2 Å². The molecule has 3 aromatic rings. The van der Waals surface area contributed by atoms with Crippen LogP contribution in [0.25, 0.3) is 11.6 Å². The maximum Gasteiger partial charge on any atom is 0.408 e. The largest absolute Gasteiger partial charge is 0.465 e. The van der Waals surface area contributed by atoms with Crippen molar-refractivity contribution in [2.24, 2.45) is 14.1 Å². The molecule has 1 saturated heterocycles. The van der Waals surface area contributed by atoms with Crippen LogP contribution in [0.5, 0.6) is 0 Å². The lowest BCUT2D eigenvalue weighted by Gasteiger charge is -2.48. The molecule has 2 aliphatic heterocycles. The van der Waals surface area contributed by atoms with Gasteiger partial charge >= 0.3 is 6.09 Å². The second kappa shape index (κ2) is 9.14. The molecular weight excluding hydrogens is 486 g/mol. The number of ether oxygens (including phenoxy) is 1. The molecule has 1 amide bonds. The van der Waals surface area contributed by atoms with Crippen LogP contribution in [0.2, 0.25) is 0 Å². The Balaban J connectivity index is 1.42. The molecule has 13 heteroatoms. The van der Waals surface area contributed by atoms with Gasteiger partial charge in [-0.05, 0) is 50.6 Å². The number of nitrogens with zero attached hydrogens (tertiary/aromatic N) is 8. The van der Waals surface area contributed by atoms with Crippen molar-refractivity contribution in [1.82, 2.24) is 39.6 Å². The summed E-state index contributed by atoms with van der Waals surface area (Å²) in [5, 5.41) is 22.3. The molecule has 0 spiro atoms. The second-order valence-electron chi connectivity index (χ2n) is 10.6. The third-order valence-corrected chi connectivity index (χ3v) is 7.08. The summed E-state index contributed by atoms with van der Waals surface area (Å²) in [4.78, 5) is 22.0. The van der Waals surface area contributed by atoms with Gasteiger partial charge in [-0.25, -0.2) is 18.6 Å². The van der Waals surface area contributed by atoms with E-state index in [9.17, 15) is 18.7 Å².